The van der Waals surface area contributed by atoms with Gasteiger partial charge in [-0.05, 0) is 0 Å². The molecule has 0 saturated carbocycles. The fourth-order valence-electron chi connectivity index (χ4n) is 1.67. The van der Waals surface area contributed by atoms with Gasteiger partial charge in [-0.3, -0.25) is 14.4 Å². The molecule has 0 aromatic rings. The molecule has 0 heterocycles. The Labute approximate surface area is 256 Å². The molecule has 237 valence electrons. The molecule has 0 aromatic carbocycles. The number of ketones is 3. The topological polar surface area (TPSA) is 112 Å². The van der Waals surface area contributed by atoms with Crippen molar-refractivity contribution in [1.82, 2.24) is 0 Å². The summed E-state index contributed by atoms with van der Waals surface area (Å²) in [6.07, 6.45) is 4.00. The van der Waals surface area contributed by atoms with E-state index in [-0.39, 0.29) is 67.7 Å². The van der Waals surface area contributed by atoms with Crippen molar-refractivity contribution in [2.75, 3.05) is 0 Å². The normalized spacial score (nSPS) is 14.1. The molecule has 0 saturated heterocycles. The summed E-state index contributed by atoms with van der Waals surface area (Å²) in [7, 11) is 0. The zero-order chi connectivity index (χ0) is 32.6. The van der Waals surface area contributed by atoms with Crippen molar-refractivity contribution in [3.05, 3.63) is 35.5 Å². The molecule has 40 heavy (non-hydrogen) atoms. The molecule has 0 aliphatic heterocycles. The third-order valence-corrected chi connectivity index (χ3v) is 5.33. The van der Waals surface area contributed by atoms with Crippen LogP contribution in [-0.2, 0) is 31.2 Å². The van der Waals surface area contributed by atoms with E-state index in [1.54, 1.807) is 0 Å². The summed E-state index contributed by atoms with van der Waals surface area (Å²) >= 11 is 0. The van der Waals surface area contributed by atoms with Crippen LogP contribution in [0.3, 0.4) is 0 Å². The predicted octanol–water partition coefficient (Wildman–Crippen LogP) is 9.27. The number of rotatable bonds is 3. The van der Waals surface area contributed by atoms with E-state index < -0.39 is 16.2 Å². The SMILES string of the molecule is CC(C)(C)C(=O)C=C(O)C(C)(C)C.CC(C)(C)C(=O)C=C(O)C(C)(C)C.CC(C)(C)C(=O)C=C(O)C(C)(C)C.[Co]. The molecule has 6 nitrogen and oxygen atoms in total. The molecule has 0 amide bonds. The first-order valence-electron chi connectivity index (χ1n) is 13.5. The van der Waals surface area contributed by atoms with Crippen LogP contribution in [0.25, 0.3) is 0 Å². The van der Waals surface area contributed by atoms with Crippen molar-refractivity contribution < 1.29 is 46.5 Å². The second kappa shape index (κ2) is 16.0. The Morgan fingerprint density at radius 2 is 0.475 bits per heavy atom. The second-order valence-corrected chi connectivity index (χ2v) is 16.2. The maximum absolute atomic E-state index is 11.5. The van der Waals surface area contributed by atoms with Gasteiger partial charge in [-0.2, -0.15) is 0 Å². The number of aliphatic hydroxyl groups excluding tert-OH is 3. The predicted molar refractivity (Wildman–Crippen MR) is 164 cm³/mol. The van der Waals surface area contributed by atoms with Gasteiger partial charge in [0.25, 0.3) is 0 Å². The summed E-state index contributed by atoms with van der Waals surface area (Å²) in [6, 6.07) is 0. The van der Waals surface area contributed by atoms with Crippen molar-refractivity contribution >= 4 is 17.3 Å². The van der Waals surface area contributed by atoms with Crippen molar-refractivity contribution in [3.8, 4) is 0 Å². The van der Waals surface area contributed by atoms with Gasteiger partial charge in [-0.1, -0.05) is 125 Å². The maximum Gasteiger partial charge on any atom is 0.164 e. The van der Waals surface area contributed by atoms with Crippen molar-refractivity contribution in [2.24, 2.45) is 32.5 Å². The Kier molecular flexibility index (Phi) is 18.0. The number of carbonyl (C=O) groups excluding carboxylic acids is 3. The second-order valence-electron chi connectivity index (χ2n) is 16.2. The smallest absolute Gasteiger partial charge is 0.164 e. The van der Waals surface area contributed by atoms with Crippen molar-refractivity contribution in [1.29, 1.82) is 0 Å². The minimum atomic E-state index is -0.417. The van der Waals surface area contributed by atoms with E-state index >= 15 is 0 Å². The van der Waals surface area contributed by atoms with Crippen LogP contribution in [0.15, 0.2) is 35.5 Å². The number of hydrogen-bond donors (Lipinski definition) is 3. The van der Waals surface area contributed by atoms with Crippen LogP contribution in [0.1, 0.15) is 125 Å². The molecular weight excluding hydrogens is 551 g/mol. The van der Waals surface area contributed by atoms with Gasteiger partial charge in [0.15, 0.2) is 17.3 Å². The minimum absolute atomic E-state index is 0. The summed E-state index contributed by atoms with van der Waals surface area (Å²) in [4.78, 5) is 34.5. The Bertz CT molecular complexity index is 801. The third-order valence-electron chi connectivity index (χ3n) is 5.33. The van der Waals surface area contributed by atoms with Crippen LogP contribution in [0.5, 0.6) is 0 Å². The standard InChI is InChI=1S/3C11H20O2.Co/c3*1-10(2,3)8(12)7-9(13)11(4,5)6;/h3*7,12H,1-6H3;. The van der Waals surface area contributed by atoms with Crippen molar-refractivity contribution in [2.45, 2.75) is 125 Å². The number of allylic oxidation sites excluding steroid dienone is 6. The average Bonchev–Trinajstić information content (AvgIpc) is 2.64. The summed E-state index contributed by atoms with van der Waals surface area (Å²) in [5.41, 5.74) is -2.29. The number of carbonyl (C=O) groups is 3. The van der Waals surface area contributed by atoms with Gasteiger partial charge in [0.05, 0.1) is 0 Å². The van der Waals surface area contributed by atoms with E-state index in [1.165, 1.54) is 18.2 Å². The fourth-order valence-corrected chi connectivity index (χ4v) is 1.67. The van der Waals surface area contributed by atoms with Crippen LogP contribution in [0.4, 0.5) is 0 Å². The van der Waals surface area contributed by atoms with Gasteiger partial charge >= 0.3 is 0 Å². The van der Waals surface area contributed by atoms with E-state index in [2.05, 4.69) is 0 Å². The Morgan fingerprint density at radius 3 is 0.550 bits per heavy atom. The molecule has 0 atom stereocenters. The molecule has 7 heteroatoms. The molecule has 0 unspecified atom stereocenters. The maximum atomic E-state index is 11.5. The first kappa shape index (κ1) is 45.1. The van der Waals surface area contributed by atoms with Crippen molar-refractivity contribution in [3.63, 3.8) is 0 Å². The summed E-state index contributed by atoms with van der Waals surface area (Å²) in [5.74, 6) is 0.312. The molecule has 3 N–H and O–H groups in total. The van der Waals surface area contributed by atoms with Gasteiger partial charge < -0.3 is 15.3 Å². The van der Waals surface area contributed by atoms with Crippen LogP contribution < -0.4 is 0 Å². The van der Waals surface area contributed by atoms with Gasteiger partial charge in [-0.25, -0.2) is 0 Å². The van der Waals surface area contributed by atoms with E-state index in [9.17, 15) is 29.7 Å². The van der Waals surface area contributed by atoms with Gasteiger partial charge in [-0.15, -0.1) is 0 Å². The minimum Gasteiger partial charge on any atom is -0.512 e. The monoisotopic (exact) mass is 611 g/mol. The zero-order valence-corrected chi connectivity index (χ0v) is 29.7. The van der Waals surface area contributed by atoms with Crippen LogP contribution >= 0.6 is 0 Å². The van der Waals surface area contributed by atoms with E-state index in [1.807, 2.05) is 125 Å². The molecule has 0 aromatic heterocycles. The van der Waals surface area contributed by atoms with Crippen LogP contribution in [-0.4, -0.2) is 32.7 Å². The summed E-state index contributed by atoms with van der Waals surface area (Å²) in [6.45, 7) is 33.3. The molecule has 0 spiro atoms. The molecular formula is C33H60CoO6. The molecule has 0 bridgehead atoms. The summed E-state index contributed by atoms with van der Waals surface area (Å²) < 4.78 is 0. The Balaban J connectivity index is -0.000000240. The molecule has 0 fully saturated rings. The quantitative estimate of drug-likeness (QED) is 0.217. The van der Waals surface area contributed by atoms with E-state index in [0.717, 1.165) is 0 Å². The number of hydrogen-bond acceptors (Lipinski definition) is 6. The largest absolute Gasteiger partial charge is 0.512 e. The van der Waals surface area contributed by atoms with Gasteiger partial charge in [0.1, 0.15) is 17.3 Å². The van der Waals surface area contributed by atoms with Crippen LogP contribution in [0.2, 0.25) is 0 Å². The van der Waals surface area contributed by atoms with Gasteiger partial charge in [0, 0.05) is 67.5 Å². The first-order chi connectivity index (χ1) is 16.6. The first-order valence-corrected chi connectivity index (χ1v) is 13.5. The molecule has 1 radical (unpaired) electrons. The number of aliphatic hydroxyl groups is 3. The van der Waals surface area contributed by atoms with Crippen LogP contribution in [0, 0.1) is 32.5 Å². The Hall–Kier alpha value is -1.86. The van der Waals surface area contributed by atoms with E-state index in [4.69, 9.17) is 0 Å². The Morgan fingerprint density at radius 1 is 0.350 bits per heavy atom. The zero-order valence-electron chi connectivity index (χ0n) is 28.6. The third kappa shape index (κ3) is 21.0. The average molecular weight is 612 g/mol. The van der Waals surface area contributed by atoms with E-state index in [0.29, 0.717) is 0 Å². The summed E-state index contributed by atoms with van der Waals surface area (Å²) in [5, 5.41) is 28.7. The van der Waals surface area contributed by atoms with Gasteiger partial charge in [0.2, 0.25) is 0 Å². The molecule has 0 aliphatic carbocycles. The molecule has 0 rings (SSSR count). The fraction of sp³-hybridized carbons (Fsp3) is 0.727. The molecule has 0 aliphatic rings.